The Bertz CT molecular complexity index is 1520. The Balaban J connectivity index is 1.66. The molecule has 9 nitrogen and oxygen atoms in total. The van der Waals surface area contributed by atoms with Gasteiger partial charge in [-0.25, -0.2) is 0 Å². The number of thiophene rings is 1. The molecule has 0 bridgehead atoms. The van der Waals surface area contributed by atoms with Crippen molar-refractivity contribution in [1.82, 2.24) is 19.7 Å². The average molecular weight is 487 g/mol. The van der Waals surface area contributed by atoms with Crippen LogP contribution >= 0.6 is 11.3 Å². The van der Waals surface area contributed by atoms with Gasteiger partial charge in [0.1, 0.15) is 16.9 Å². The van der Waals surface area contributed by atoms with Gasteiger partial charge in [-0.05, 0) is 38.5 Å². The highest BCUT2D eigenvalue weighted by Crippen LogP contribution is 2.39. The van der Waals surface area contributed by atoms with Crippen LogP contribution in [0.25, 0.3) is 16.3 Å². The van der Waals surface area contributed by atoms with Gasteiger partial charge in [0.2, 0.25) is 5.91 Å². The molecule has 0 spiro atoms. The third-order valence-electron chi connectivity index (χ3n) is 6.11. The number of aromatic nitrogens is 4. The summed E-state index contributed by atoms with van der Waals surface area (Å²) >= 11 is 1.62. The molecule has 5 rings (SSSR count). The van der Waals surface area contributed by atoms with Crippen molar-refractivity contribution in [1.29, 1.82) is 0 Å². The third-order valence-corrected chi connectivity index (χ3v) is 7.30. The molecule has 4 aromatic rings. The Morgan fingerprint density at radius 2 is 1.80 bits per heavy atom. The van der Waals surface area contributed by atoms with E-state index in [0.717, 1.165) is 32.1 Å². The molecule has 35 heavy (non-hydrogen) atoms. The van der Waals surface area contributed by atoms with Gasteiger partial charge in [-0.15, -0.1) is 21.5 Å². The Labute approximate surface area is 205 Å². The second-order valence-electron chi connectivity index (χ2n) is 8.37. The molecule has 1 aliphatic heterocycles. The monoisotopic (exact) mass is 486 g/mol. The number of amides is 1. The highest BCUT2D eigenvalue weighted by molar-refractivity contribution is 7.15. The number of carbonyl (C=O) groups excluding carboxylic acids is 1. The number of aliphatic carboxylic acids is 1. The van der Waals surface area contributed by atoms with E-state index in [2.05, 4.69) is 22.1 Å². The van der Waals surface area contributed by atoms with Gasteiger partial charge in [-0.3, -0.25) is 24.1 Å². The van der Waals surface area contributed by atoms with E-state index in [1.54, 1.807) is 29.7 Å². The lowest BCUT2D eigenvalue weighted by Crippen LogP contribution is -2.11. The SMILES string of the molecule is Cc1sc2c(c1C)C(c1ccc(-c3cc(C(N)=O)ccn3)cc1)=N[C@@H](CC(=O)O)c1nnc(C)n1-2. The van der Waals surface area contributed by atoms with Crippen LogP contribution in [0.1, 0.15) is 56.0 Å². The first kappa shape index (κ1) is 22.6. The van der Waals surface area contributed by atoms with Crippen LogP contribution in [0.5, 0.6) is 0 Å². The number of aryl methyl sites for hydroxylation is 2. The minimum absolute atomic E-state index is 0.198. The fourth-order valence-electron chi connectivity index (χ4n) is 4.23. The molecular formula is C25H22N6O3S. The Morgan fingerprint density at radius 3 is 2.49 bits per heavy atom. The highest BCUT2D eigenvalue weighted by atomic mass is 32.1. The molecule has 1 aliphatic rings. The van der Waals surface area contributed by atoms with Crippen LogP contribution in [0.2, 0.25) is 0 Å². The number of benzene rings is 1. The Hall–Kier alpha value is -4.18. The van der Waals surface area contributed by atoms with E-state index >= 15 is 0 Å². The molecular weight excluding hydrogens is 464 g/mol. The normalized spacial score (nSPS) is 14.6. The van der Waals surface area contributed by atoms with Gasteiger partial charge in [-0.2, -0.15) is 0 Å². The maximum absolute atomic E-state index is 11.7. The fraction of sp³-hybridized carbons (Fsp3) is 0.200. The number of fused-ring (bicyclic) bond motifs is 3. The molecule has 176 valence electrons. The van der Waals surface area contributed by atoms with E-state index in [-0.39, 0.29) is 6.42 Å². The number of carboxylic acid groups (broad SMARTS) is 1. The molecule has 0 saturated heterocycles. The molecule has 4 heterocycles. The van der Waals surface area contributed by atoms with Gasteiger partial charge >= 0.3 is 5.97 Å². The first-order valence-corrected chi connectivity index (χ1v) is 11.7. The molecule has 3 N–H and O–H groups in total. The summed E-state index contributed by atoms with van der Waals surface area (Å²) in [5.41, 5.74) is 10.8. The number of rotatable bonds is 5. The van der Waals surface area contributed by atoms with Crippen LogP contribution in [-0.4, -0.2) is 42.4 Å². The number of nitrogens with zero attached hydrogens (tertiary/aromatic N) is 5. The second-order valence-corrected chi connectivity index (χ2v) is 9.57. The summed E-state index contributed by atoms with van der Waals surface area (Å²) < 4.78 is 1.93. The zero-order valence-corrected chi connectivity index (χ0v) is 20.1. The molecule has 1 atom stereocenters. The van der Waals surface area contributed by atoms with Gasteiger partial charge in [-0.1, -0.05) is 24.3 Å². The number of pyridine rings is 1. The number of primary amides is 1. The van der Waals surface area contributed by atoms with Crippen LogP contribution in [-0.2, 0) is 4.79 Å². The van der Waals surface area contributed by atoms with Crippen molar-refractivity contribution in [2.45, 2.75) is 33.2 Å². The predicted molar refractivity (Wildman–Crippen MR) is 132 cm³/mol. The average Bonchev–Trinajstić information content (AvgIpc) is 3.31. The summed E-state index contributed by atoms with van der Waals surface area (Å²) in [5, 5.41) is 19.0. The Morgan fingerprint density at radius 1 is 1.09 bits per heavy atom. The van der Waals surface area contributed by atoms with Crippen molar-refractivity contribution in [3.05, 3.63) is 81.4 Å². The lowest BCUT2D eigenvalue weighted by Gasteiger charge is -2.11. The maximum atomic E-state index is 11.7. The molecule has 0 fully saturated rings. The van der Waals surface area contributed by atoms with Crippen molar-refractivity contribution >= 4 is 28.9 Å². The minimum Gasteiger partial charge on any atom is -0.481 e. The summed E-state index contributed by atoms with van der Waals surface area (Å²) in [6.07, 6.45) is 1.35. The number of aliphatic imine (C=N–C) groups is 1. The Kier molecular flexibility index (Phi) is 5.52. The van der Waals surface area contributed by atoms with E-state index in [1.165, 1.54) is 0 Å². The van der Waals surface area contributed by atoms with Crippen LogP contribution in [0.3, 0.4) is 0 Å². The van der Waals surface area contributed by atoms with Crippen LogP contribution in [0, 0.1) is 20.8 Å². The van der Waals surface area contributed by atoms with Gasteiger partial charge in [0.05, 0.1) is 17.8 Å². The summed E-state index contributed by atoms with van der Waals surface area (Å²) in [4.78, 5) is 33.7. The number of hydrogen-bond acceptors (Lipinski definition) is 7. The predicted octanol–water partition coefficient (Wildman–Crippen LogP) is 3.78. The van der Waals surface area contributed by atoms with Crippen molar-refractivity contribution in [2.75, 3.05) is 0 Å². The van der Waals surface area contributed by atoms with Gasteiger partial charge in [0.15, 0.2) is 5.82 Å². The summed E-state index contributed by atoms with van der Waals surface area (Å²) in [5.74, 6) is -0.267. The molecule has 1 amide bonds. The van der Waals surface area contributed by atoms with E-state index in [4.69, 9.17) is 10.7 Å². The second kappa shape index (κ2) is 8.55. The van der Waals surface area contributed by atoms with Crippen LogP contribution in [0.4, 0.5) is 0 Å². The fourth-order valence-corrected chi connectivity index (χ4v) is 5.44. The molecule has 10 heteroatoms. The maximum Gasteiger partial charge on any atom is 0.306 e. The molecule has 3 aromatic heterocycles. The zero-order chi connectivity index (χ0) is 24.9. The first-order chi connectivity index (χ1) is 16.7. The largest absolute Gasteiger partial charge is 0.481 e. The number of nitrogens with two attached hydrogens (primary N) is 1. The minimum atomic E-state index is -0.959. The van der Waals surface area contributed by atoms with Gasteiger partial charge < -0.3 is 10.8 Å². The summed E-state index contributed by atoms with van der Waals surface area (Å²) in [6.45, 7) is 5.96. The zero-order valence-electron chi connectivity index (χ0n) is 19.3. The van der Waals surface area contributed by atoms with Crippen LogP contribution in [0.15, 0.2) is 47.6 Å². The first-order valence-electron chi connectivity index (χ1n) is 10.9. The van der Waals surface area contributed by atoms with Gasteiger partial charge in [0.25, 0.3) is 0 Å². The third kappa shape index (κ3) is 3.91. The van der Waals surface area contributed by atoms with E-state index in [1.807, 2.05) is 42.7 Å². The topological polar surface area (TPSA) is 136 Å². The van der Waals surface area contributed by atoms with Crippen molar-refractivity contribution < 1.29 is 14.7 Å². The van der Waals surface area contributed by atoms with E-state index < -0.39 is 17.9 Å². The molecule has 0 radical (unpaired) electrons. The quantitative estimate of drug-likeness (QED) is 0.440. The standard InChI is InChI=1S/C25H22N6O3S/c1-12-13(2)35-25-21(12)22(28-19(11-20(32)33)24-30-29-14(3)31(24)25)16-6-4-15(5-7-16)18-10-17(23(26)34)8-9-27-18/h4-10,19H,11H2,1-3H3,(H2,26,34)(H,32,33)/t19-/m0/s1. The van der Waals surface area contributed by atoms with E-state index in [9.17, 15) is 14.7 Å². The van der Waals surface area contributed by atoms with E-state index in [0.29, 0.717) is 28.6 Å². The smallest absolute Gasteiger partial charge is 0.306 e. The lowest BCUT2D eigenvalue weighted by molar-refractivity contribution is -0.137. The van der Waals surface area contributed by atoms with Gasteiger partial charge in [0, 0.05) is 33.3 Å². The molecule has 0 aliphatic carbocycles. The molecule has 0 unspecified atom stereocenters. The van der Waals surface area contributed by atoms with Crippen molar-refractivity contribution in [2.24, 2.45) is 10.7 Å². The van der Waals surface area contributed by atoms with Crippen molar-refractivity contribution in [3.63, 3.8) is 0 Å². The lowest BCUT2D eigenvalue weighted by atomic mass is 9.98. The highest BCUT2D eigenvalue weighted by Gasteiger charge is 2.32. The molecule has 0 saturated carbocycles. The number of hydrogen-bond donors (Lipinski definition) is 2. The number of carboxylic acids is 1. The summed E-state index contributed by atoms with van der Waals surface area (Å²) in [7, 11) is 0. The molecule has 1 aromatic carbocycles. The number of carbonyl (C=O) groups is 2. The van der Waals surface area contributed by atoms with Crippen LogP contribution < -0.4 is 5.73 Å². The summed E-state index contributed by atoms with van der Waals surface area (Å²) in [6, 6.07) is 10.2. The van der Waals surface area contributed by atoms with Crippen molar-refractivity contribution in [3.8, 4) is 16.3 Å².